The Balaban J connectivity index is 1.76. The molecule has 0 atom stereocenters. The van der Waals surface area contributed by atoms with Crippen LogP contribution in [0.15, 0.2) is 79.0 Å². The van der Waals surface area contributed by atoms with Crippen molar-refractivity contribution in [2.24, 2.45) is 0 Å². The molecule has 0 saturated heterocycles. The summed E-state index contributed by atoms with van der Waals surface area (Å²) in [6.45, 7) is 0. The molecule has 0 unspecified atom stereocenters. The lowest BCUT2D eigenvalue weighted by Gasteiger charge is -1.96. The summed E-state index contributed by atoms with van der Waals surface area (Å²) in [5.74, 6) is 0. The molecule has 2 nitrogen and oxygen atoms in total. The number of H-pyrrole nitrogens is 1. The van der Waals surface area contributed by atoms with Gasteiger partial charge in [0.25, 0.3) is 0 Å². The van der Waals surface area contributed by atoms with Gasteiger partial charge in [0.05, 0.1) is 11.0 Å². The highest BCUT2D eigenvalue weighted by Gasteiger charge is 2.07. The molecular formula is C23H18N2. The van der Waals surface area contributed by atoms with Crippen LogP contribution < -0.4 is 0 Å². The molecule has 4 rings (SSSR count). The molecule has 0 saturated carbocycles. The SMILES string of the molecule is C(=C\c1[nH]c2cccnc2c1/C=C/c1ccccc1)/c1ccccc1. The van der Waals surface area contributed by atoms with E-state index in [0.717, 1.165) is 22.3 Å². The van der Waals surface area contributed by atoms with Crippen molar-refractivity contribution in [1.82, 2.24) is 9.97 Å². The monoisotopic (exact) mass is 322 g/mol. The number of aromatic amines is 1. The smallest absolute Gasteiger partial charge is 0.0957 e. The molecule has 2 heteroatoms. The van der Waals surface area contributed by atoms with Crippen molar-refractivity contribution in [2.75, 3.05) is 0 Å². The Kier molecular flexibility index (Phi) is 4.25. The minimum Gasteiger partial charge on any atom is -0.353 e. The summed E-state index contributed by atoms with van der Waals surface area (Å²) in [6.07, 6.45) is 10.3. The maximum atomic E-state index is 4.55. The topological polar surface area (TPSA) is 28.7 Å². The first-order valence-corrected chi connectivity index (χ1v) is 8.33. The number of nitrogens with one attached hydrogen (secondary N) is 1. The van der Waals surface area contributed by atoms with Crippen molar-refractivity contribution >= 4 is 35.3 Å². The lowest BCUT2D eigenvalue weighted by molar-refractivity contribution is 1.40. The fourth-order valence-electron chi connectivity index (χ4n) is 2.85. The minimum absolute atomic E-state index is 0.988. The van der Waals surface area contributed by atoms with Gasteiger partial charge in [0.2, 0.25) is 0 Å². The third kappa shape index (κ3) is 3.43. The van der Waals surface area contributed by atoms with Crippen LogP contribution in [0.4, 0.5) is 0 Å². The maximum Gasteiger partial charge on any atom is 0.0957 e. The van der Waals surface area contributed by atoms with Crippen LogP contribution in [-0.4, -0.2) is 9.97 Å². The molecule has 0 fully saturated rings. The number of aromatic nitrogens is 2. The average molecular weight is 322 g/mol. The van der Waals surface area contributed by atoms with Gasteiger partial charge in [-0.2, -0.15) is 0 Å². The van der Waals surface area contributed by atoms with E-state index in [4.69, 9.17) is 0 Å². The van der Waals surface area contributed by atoms with Crippen LogP contribution in [0.5, 0.6) is 0 Å². The van der Waals surface area contributed by atoms with Gasteiger partial charge in [0, 0.05) is 17.5 Å². The molecule has 0 amide bonds. The molecule has 1 N–H and O–H groups in total. The van der Waals surface area contributed by atoms with Gasteiger partial charge in [-0.1, -0.05) is 78.9 Å². The predicted octanol–water partition coefficient (Wildman–Crippen LogP) is 5.90. The van der Waals surface area contributed by atoms with Crippen LogP contribution in [0.1, 0.15) is 22.4 Å². The van der Waals surface area contributed by atoms with E-state index in [0.29, 0.717) is 0 Å². The van der Waals surface area contributed by atoms with E-state index < -0.39 is 0 Å². The van der Waals surface area contributed by atoms with E-state index in [2.05, 4.69) is 64.6 Å². The van der Waals surface area contributed by atoms with Crippen LogP contribution in [0.2, 0.25) is 0 Å². The van der Waals surface area contributed by atoms with Gasteiger partial charge in [-0.05, 0) is 29.3 Å². The van der Waals surface area contributed by atoms with Crippen molar-refractivity contribution in [3.05, 3.63) is 101 Å². The van der Waals surface area contributed by atoms with Crippen LogP contribution in [0, 0.1) is 0 Å². The lowest BCUT2D eigenvalue weighted by Crippen LogP contribution is -1.78. The molecule has 0 spiro atoms. The first kappa shape index (κ1) is 15.2. The number of fused-ring (bicyclic) bond motifs is 1. The summed E-state index contributed by atoms with van der Waals surface area (Å²) >= 11 is 0. The largest absolute Gasteiger partial charge is 0.353 e. The Labute approximate surface area is 147 Å². The second-order valence-electron chi connectivity index (χ2n) is 5.84. The molecule has 25 heavy (non-hydrogen) atoms. The highest BCUT2D eigenvalue weighted by molar-refractivity contribution is 5.94. The third-order valence-electron chi connectivity index (χ3n) is 4.11. The minimum atomic E-state index is 0.988. The molecule has 4 aromatic rings. The Morgan fingerprint density at radius 3 is 1.96 bits per heavy atom. The van der Waals surface area contributed by atoms with E-state index >= 15 is 0 Å². The van der Waals surface area contributed by atoms with Crippen LogP contribution >= 0.6 is 0 Å². The second kappa shape index (κ2) is 7.02. The summed E-state index contributed by atoms with van der Waals surface area (Å²) in [4.78, 5) is 8.02. The molecule has 0 bridgehead atoms. The zero-order chi connectivity index (χ0) is 16.9. The molecule has 120 valence electrons. The zero-order valence-corrected chi connectivity index (χ0v) is 13.8. The quantitative estimate of drug-likeness (QED) is 0.497. The van der Waals surface area contributed by atoms with Gasteiger partial charge in [-0.25, -0.2) is 0 Å². The van der Waals surface area contributed by atoms with E-state index in [1.165, 1.54) is 11.1 Å². The Morgan fingerprint density at radius 2 is 1.28 bits per heavy atom. The van der Waals surface area contributed by atoms with Gasteiger partial charge in [0.1, 0.15) is 0 Å². The van der Waals surface area contributed by atoms with Gasteiger partial charge in [-0.3, -0.25) is 4.98 Å². The summed E-state index contributed by atoms with van der Waals surface area (Å²) in [5, 5.41) is 0. The fourth-order valence-corrected chi connectivity index (χ4v) is 2.85. The normalized spacial score (nSPS) is 11.7. The van der Waals surface area contributed by atoms with Crippen LogP contribution in [0.25, 0.3) is 35.3 Å². The van der Waals surface area contributed by atoms with Crippen LogP contribution in [0.3, 0.4) is 0 Å². The van der Waals surface area contributed by atoms with Crippen molar-refractivity contribution < 1.29 is 0 Å². The average Bonchev–Trinajstić information content (AvgIpc) is 3.04. The van der Waals surface area contributed by atoms with Crippen molar-refractivity contribution in [1.29, 1.82) is 0 Å². The summed E-state index contributed by atoms with van der Waals surface area (Å²) < 4.78 is 0. The number of hydrogen-bond donors (Lipinski definition) is 1. The molecule has 2 aromatic carbocycles. The van der Waals surface area contributed by atoms with Gasteiger partial charge in [0.15, 0.2) is 0 Å². The molecular weight excluding hydrogens is 304 g/mol. The van der Waals surface area contributed by atoms with E-state index in [1.807, 2.05) is 48.7 Å². The molecule has 0 aliphatic heterocycles. The summed E-state index contributed by atoms with van der Waals surface area (Å²) in [6, 6.07) is 24.6. The van der Waals surface area contributed by atoms with Gasteiger partial charge in [-0.15, -0.1) is 0 Å². The standard InChI is InChI=1S/C23H18N2/c1-3-8-18(9-4-1)13-15-20-21(16-14-19-10-5-2-6-11-19)25-22-12-7-17-24-23(20)22/h1-17,25H/b15-13+,16-14+. The maximum absolute atomic E-state index is 4.55. The van der Waals surface area contributed by atoms with Crippen LogP contribution in [-0.2, 0) is 0 Å². The van der Waals surface area contributed by atoms with Crippen molar-refractivity contribution in [3.8, 4) is 0 Å². The second-order valence-corrected chi connectivity index (χ2v) is 5.84. The zero-order valence-electron chi connectivity index (χ0n) is 13.8. The highest BCUT2D eigenvalue weighted by atomic mass is 14.8. The molecule has 0 radical (unpaired) electrons. The first-order valence-electron chi connectivity index (χ1n) is 8.33. The summed E-state index contributed by atoms with van der Waals surface area (Å²) in [5.41, 5.74) is 6.54. The fraction of sp³-hybridized carbons (Fsp3) is 0. The Hall–Kier alpha value is -3.39. The Bertz CT molecular complexity index is 1030. The predicted molar refractivity (Wildman–Crippen MR) is 107 cm³/mol. The van der Waals surface area contributed by atoms with Gasteiger partial charge >= 0.3 is 0 Å². The van der Waals surface area contributed by atoms with E-state index in [1.54, 1.807) is 0 Å². The van der Waals surface area contributed by atoms with Gasteiger partial charge < -0.3 is 4.98 Å². The Morgan fingerprint density at radius 1 is 0.640 bits per heavy atom. The lowest BCUT2D eigenvalue weighted by atomic mass is 10.1. The number of hydrogen-bond acceptors (Lipinski definition) is 1. The molecule has 2 heterocycles. The summed E-state index contributed by atoms with van der Waals surface area (Å²) in [7, 11) is 0. The number of pyridine rings is 1. The number of rotatable bonds is 4. The van der Waals surface area contributed by atoms with Crippen molar-refractivity contribution in [3.63, 3.8) is 0 Å². The third-order valence-corrected chi connectivity index (χ3v) is 4.11. The van der Waals surface area contributed by atoms with E-state index in [-0.39, 0.29) is 0 Å². The highest BCUT2D eigenvalue weighted by Crippen LogP contribution is 2.24. The number of nitrogens with zero attached hydrogens (tertiary/aromatic N) is 1. The van der Waals surface area contributed by atoms with E-state index in [9.17, 15) is 0 Å². The first-order chi connectivity index (χ1) is 12.4. The van der Waals surface area contributed by atoms with Crippen molar-refractivity contribution in [2.45, 2.75) is 0 Å². The molecule has 0 aliphatic rings. The molecule has 2 aromatic heterocycles. The number of benzene rings is 2. The molecule has 0 aliphatic carbocycles.